The summed E-state index contributed by atoms with van der Waals surface area (Å²) in [4.78, 5) is 0. The number of nitrogens with zero attached hydrogens (tertiary/aromatic N) is 1. The highest BCUT2D eigenvalue weighted by molar-refractivity contribution is 7.26. The van der Waals surface area contributed by atoms with E-state index >= 15 is 0 Å². The van der Waals surface area contributed by atoms with Crippen molar-refractivity contribution in [2.24, 2.45) is 0 Å². The van der Waals surface area contributed by atoms with Gasteiger partial charge in [-0.2, -0.15) is 0 Å². The maximum atomic E-state index is 2.60. The van der Waals surface area contributed by atoms with Gasteiger partial charge in [0.25, 0.3) is 0 Å². The molecule has 0 saturated heterocycles. The van der Waals surface area contributed by atoms with Crippen LogP contribution in [0.3, 0.4) is 0 Å². The predicted octanol–water partition coefficient (Wildman–Crippen LogP) is 12.3. The summed E-state index contributed by atoms with van der Waals surface area (Å²) in [6.07, 6.45) is 0. The molecule has 0 aliphatic heterocycles. The molecule has 0 atom stereocenters. The fourth-order valence-corrected chi connectivity index (χ4v) is 10.3. The Morgan fingerprint density at radius 3 is 2.00 bits per heavy atom. The van der Waals surface area contributed by atoms with Crippen LogP contribution >= 0.6 is 11.3 Å². The Hall–Kier alpha value is -5.18. The highest BCUT2D eigenvalue weighted by Gasteiger charge is 2.40. The van der Waals surface area contributed by atoms with Gasteiger partial charge in [-0.1, -0.05) is 123 Å². The predicted molar refractivity (Wildman–Crippen MR) is 193 cm³/mol. The summed E-state index contributed by atoms with van der Waals surface area (Å²) in [5, 5.41) is 8.09. The Morgan fingerprint density at radius 1 is 0.511 bits per heavy atom. The van der Waals surface area contributed by atoms with Crippen molar-refractivity contribution < 1.29 is 0 Å². The number of para-hydroxylation sites is 1. The van der Waals surface area contributed by atoms with Crippen LogP contribution in [0.2, 0.25) is 0 Å². The van der Waals surface area contributed by atoms with E-state index in [-0.39, 0.29) is 5.41 Å². The van der Waals surface area contributed by atoms with Gasteiger partial charge in [0.15, 0.2) is 0 Å². The van der Waals surface area contributed by atoms with Crippen molar-refractivity contribution >= 4 is 64.1 Å². The second kappa shape index (κ2) is 8.10. The molecule has 2 aromatic heterocycles. The van der Waals surface area contributed by atoms with Crippen LogP contribution in [0.25, 0.3) is 91.8 Å². The first-order valence-corrected chi connectivity index (χ1v) is 16.6. The summed E-state index contributed by atoms with van der Waals surface area (Å²) in [6.45, 7) is 4.85. The van der Waals surface area contributed by atoms with Crippen LogP contribution in [-0.2, 0) is 5.41 Å². The van der Waals surface area contributed by atoms with Gasteiger partial charge < -0.3 is 4.57 Å². The molecule has 0 amide bonds. The monoisotopic (exact) mass is 589 g/mol. The minimum atomic E-state index is -0.101. The molecular weight excluding hydrogens is 563 g/mol. The molecule has 0 bridgehead atoms. The average molecular weight is 590 g/mol. The molecule has 0 radical (unpaired) electrons. The lowest BCUT2D eigenvalue weighted by molar-refractivity contribution is 0.667. The van der Waals surface area contributed by atoms with E-state index in [1.165, 1.54) is 103 Å². The molecule has 0 N–H and O–H groups in total. The molecular formula is C43H27NS. The van der Waals surface area contributed by atoms with E-state index in [1.54, 1.807) is 0 Å². The normalized spacial score (nSPS) is 14.2. The standard InChI is InChI=1S/C43H27NS/c1-43(2)32-19-8-5-14-28(32)37-38-30-15-6-9-20-33(30)44(41(38)39-31-16-7-10-21-35(31)45-42(39)40(37)43)34-23-22-27-25-13-4-3-12-24(25)26-17-11-18-29(34)36(26)27/h3-23H,1-2H3. The van der Waals surface area contributed by atoms with Crippen LogP contribution in [0.15, 0.2) is 127 Å². The Morgan fingerprint density at radius 2 is 1.16 bits per heavy atom. The highest BCUT2D eigenvalue weighted by atomic mass is 32.1. The molecule has 210 valence electrons. The molecule has 7 aromatic carbocycles. The Kier molecular flexibility index (Phi) is 4.35. The SMILES string of the molecule is CC1(C)c2ccccc2-c2c1c1sc3ccccc3c1c1c2c2ccccc2n1-c1ccc2c3c(cccc13)-c1ccccc1-2. The second-order valence-corrected chi connectivity index (χ2v) is 14.3. The van der Waals surface area contributed by atoms with E-state index < -0.39 is 0 Å². The molecule has 9 aromatic rings. The molecule has 0 fully saturated rings. The lowest BCUT2D eigenvalue weighted by atomic mass is 9.81. The summed E-state index contributed by atoms with van der Waals surface area (Å²) >= 11 is 1.97. The van der Waals surface area contributed by atoms with Crippen molar-refractivity contribution in [2.75, 3.05) is 0 Å². The number of benzene rings is 7. The van der Waals surface area contributed by atoms with Crippen LogP contribution in [0.5, 0.6) is 0 Å². The number of thiophene rings is 1. The number of hydrogen-bond donors (Lipinski definition) is 0. The van der Waals surface area contributed by atoms with Crippen molar-refractivity contribution in [1.29, 1.82) is 0 Å². The Labute approximate surface area is 264 Å². The van der Waals surface area contributed by atoms with Crippen LogP contribution in [-0.4, -0.2) is 4.57 Å². The lowest BCUT2D eigenvalue weighted by Gasteiger charge is -2.22. The van der Waals surface area contributed by atoms with Crippen LogP contribution in [0, 0.1) is 0 Å². The molecule has 11 rings (SSSR count). The summed E-state index contributed by atoms with van der Waals surface area (Å²) in [7, 11) is 0. The van der Waals surface area contributed by atoms with Crippen LogP contribution in [0.4, 0.5) is 0 Å². The van der Waals surface area contributed by atoms with Crippen molar-refractivity contribution in [3.63, 3.8) is 0 Å². The summed E-state index contributed by atoms with van der Waals surface area (Å²) in [5.41, 5.74) is 14.8. The van der Waals surface area contributed by atoms with Crippen molar-refractivity contribution in [3.05, 3.63) is 139 Å². The minimum absolute atomic E-state index is 0.101. The first-order valence-electron chi connectivity index (χ1n) is 15.8. The van der Waals surface area contributed by atoms with E-state index in [2.05, 4.69) is 146 Å². The van der Waals surface area contributed by atoms with Crippen molar-refractivity contribution in [3.8, 4) is 39.1 Å². The third-order valence-corrected chi connectivity index (χ3v) is 11.9. The third-order valence-electron chi connectivity index (χ3n) is 10.7. The van der Waals surface area contributed by atoms with E-state index in [1.807, 2.05) is 11.3 Å². The summed E-state index contributed by atoms with van der Waals surface area (Å²) in [6, 6.07) is 47.7. The smallest absolute Gasteiger partial charge is 0.0640 e. The molecule has 45 heavy (non-hydrogen) atoms. The fraction of sp³-hybridized carbons (Fsp3) is 0.0698. The highest BCUT2D eigenvalue weighted by Crippen LogP contribution is 2.59. The van der Waals surface area contributed by atoms with Crippen molar-refractivity contribution in [1.82, 2.24) is 4.57 Å². The van der Waals surface area contributed by atoms with Gasteiger partial charge in [-0.25, -0.2) is 0 Å². The maximum Gasteiger partial charge on any atom is 0.0640 e. The minimum Gasteiger partial charge on any atom is -0.308 e. The van der Waals surface area contributed by atoms with Gasteiger partial charge in [-0.05, 0) is 68.1 Å². The summed E-state index contributed by atoms with van der Waals surface area (Å²) < 4.78 is 5.37. The molecule has 2 aliphatic carbocycles. The molecule has 0 unspecified atom stereocenters. The zero-order chi connectivity index (χ0) is 29.6. The molecule has 2 heteroatoms. The first-order chi connectivity index (χ1) is 22.1. The fourth-order valence-electron chi connectivity index (χ4n) is 8.91. The Balaban J connectivity index is 1.41. The third kappa shape index (κ3) is 2.77. The average Bonchev–Trinajstić information content (AvgIpc) is 3.78. The van der Waals surface area contributed by atoms with Crippen molar-refractivity contribution in [2.45, 2.75) is 19.3 Å². The van der Waals surface area contributed by atoms with Gasteiger partial charge in [0.1, 0.15) is 0 Å². The largest absolute Gasteiger partial charge is 0.308 e. The van der Waals surface area contributed by atoms with Crippen LogP contribution < -0.4 is 0 Å². The number of hydrogen-bond acceptors (Lipinski definition) is 1. The van der Waals surface area contributed by atoms with Gasteiger partial charge >= 0.3 is 0 Å². The topological polar surface area (TPSA) is 4.93 Å². The second-order valence-electron chi connectivity index (χ2n) is 13.2. The molecule has 0 saturated carbocycles. The van der Waals surface area contributed by atoms with E-state index in [9.17, 15) is 0 Å². The number of rotatable bonds is 1. The van der Waals surface area contributed by atoms with E-state index in [0.29, 0.717) is 0 Å². The van der Waals surface area contributed by atoms with Gasteiger partial charge in [0.05, 0.1) is 16.7 Å². The molecule has 2 heterocycles. The lowest BCUT2D eigenvalue weighted by Crippen LogP contribution is -2.15. The molecule has 0 spiro atoms. The molecule has 2 aliphatic rings. The Bertz CT molecular complexity index is 2760. The molecule has 1 nitrogen and oxygen atoms in total. The number of fused-ring (bicyclic) bond motifs is 15. The van der Waals surface area contributed by atoms with Gasteiger partial charge in [-0.15, -0.1) is 11.3 Å². The van der Waals surface area contributed by atoms with E-state index in [0.717, 1.165) is 0 Å². The number of aromatic nitrogens is 1. The maximum absolute atomic E-state index is 2.60. The van der Waals surface area contributed by atoms with E-state index in [4.69, 9.17) is 0 Å². The summed E-state index contributed by atoms with van der Waals surface area (Å²) in [5.74, 6) is 0. The zero-order valence-corrected chi connectivity index (χ0v) is 25.8. The van der Waals surface area contributed by atoms with Gasteiger partial charge in [-0.3, -0.25) is 0 Å². The van der Waals surface area contributed by atoms with Gasteiger partial charge in [0, 0.05) is 41.7 Å². The zero-order valence-electron chi connectivity index (χ0n) is 25.0. The van der Waals surface area contributed by atoms with Crippen LogP contribution in [0.1, 0.15) is 25.0 Å². The quantitative estimate of drug-likeness (QED) is 0.179. The van der Waals surface area contributed by atoms with Gasteiger partial charge in [0.2, 0.25) is 0 Å². The first kappa shape index (κ1) is 24.2.